The van der Waals surface area contributed by atoms with Crippen LogP contribution < -0.4 is 0 Å². The fourth-order valence-electron chi connectivity index (χ4n) is 3.04. The summed E-state index contributed by atoms with van der Waals surface area (Å²) >= 11 is 0. The van der Waals surface area contributed by atoms with E-state index in [-0.39, 0.29) is 17.6 Å². The number of carbonyl (C=O) groups excluding carboxylic acids is 2. The van der Waals surface area contributed by atoms with Crippen LogP contribution in [0.3, 0.4) is 0 Å². The Kier molecular flexibility index (Phi) is 5.42. The standard InChI is InChI=1S/C16H27NO4/c1-7-20-14(19)17(21-13(18)12(2)3)16(6)10-8-9-15(4,5)11-16/h2,7-11H2,1,3-6H3. The van der Waals surface area contributed by atoms with Gasteiger partial charge in [-0.3, -0.25) is 0 Å². The Morgan fingerprint density at radius 2 is 1.86 bits per heavy atom. The lowest BCUT2D eigenvalue weighted by Gasteiger charge is -2.46. The average molecular weight is 297 g/mol. The van der Waals surface area contributed by atoms with Crippen LogP contribution in [0.1, 0.15) is 60.3 Å². The molecule has 0 heterocycles. The summed E-state index contributed by atoms with van der Waals surface area (Å²) in [6.07, 6.45) is 2.98. The molecule has 0 aromatic heterocycles. The lowest BCUT2D eigenvalue weighted by Crippen LogP contribution is -2.54. The van der Waals surface area contributed by atoms with E-state index in [1.54, 1.807) is 13.8 Å². The summed E-state index contributed by atoms with van der Waals surface area (Å²) in [7, 11) is 0. The van der Waals surface area contributed by atoms with Gasteiger partial charge in [0, 0.05) is 5.57 Å². The van der Waals surface area contributed by atoms with Crippen LogP contribution >= 0.6 is 0 Å². The molecule has 1 atom stereocenters. The summed E-state index contributed by atoms with van der Waals surface area (Å²) in [4.78, 5) is 29.3. The molecule has 0 N–H and O–H groups in total. The number of nitrogens with zero attached hydrogens (tertiary/aromatic N) is 1. The molecule has 0 radical (unpaired) electrons. The van der Waals surface area contributed by atoms with Crippen molar-refractivity contribution < 1.29 is 19.2 Å². The van der Waals surface area contributed by atoms with Gasteiger partial charge in [-0.1, -0.05) is 26.8 Å². The molecule has 0 aromatic carbocycles. The van der Waals surface area contributed by atoms with Gasteiger partial charge in [0.1, 0.15) is 0 Å². The first-order valence-electron chi connectivity index (χ1n) is 7.46. The van der Waals surface area contributed by atoms with Crippen LogP contribution in [0.5, 0.6) is 0 Å². The first-order chi connectivity index (χ1) is 9.61. The Bertz CT molecular complexity index is 430. The van der Waals surface area contributed by atoms with Crippen LogP contribution in [0.15, 0.2) is 12.2 Å². The van der Waals surface area contributed by atoms with Crippen LogP contribution in [0.2, 0.25) is 0 Å². The molecule has 0 aromatic rings. The molecule has 1 fully saturated rings. The Balaban J connectivity index is 3.01. The van der Waals surface area contributed by atoms with Gasteiger partial charge in [0.2, 0.25) is 0 Å². The minimum atomic E-state index is -0.618. The van der Waals surface area contributed by atoms with Crippen molar-refractivity contribution in [3.8, 4) is 0 Å². The summed E-state index contributed by atoms with van der Waals surface area (Å²) in [6, 6.07) is 0. The predicted octanol–water partition coefficient (Wildman–Crippen LogP) is 3.84. The number of hydrogen-bond acceptors (Lipinski definition) is 4. The van der Waals surface area contributed by atoms with Crippen molar-refractivity contribution >= 4 is 12.1 Å². The molecular weight excluding hydrogens is 270 g/mol. The third-order valence-electron chi connectivity index (χ3n) is 3.87. The second-order valence-corrected chi connectivity index (χ2v) is 6.84. The van der Waals surface area contributed by atoms with Gasteiger partial charge in [0.15, 0.2) is 0 Å². The Labute approximate surface area is 127 Å². The summed E-state index contributed by atoms with van der Waals surface area (Å²) in [5.41, 5.74) is -0.213. The number of hydrogen-bond donors (Lipinski definition) is 0. The molecule has 0 spiro atoms. The minimum Gasteiger partial charge on any atom is -0.448 e. The summed E-state index contributed by atoms with van der Waals surface area (Å²) < 4.78 is 5.05. The molecule has 1 saturated carbocycles. The fourth-order valence-corrected chi connectivity index (χ4v) is 3.04. The summed E-state index contributed by atoms with van der Waals surface area (Å²) in [5, 5.41) is 1.12. The molecule has 1 aliphatic carbocycles. The van der Waals surface area contributed by atoms with Gasteiger partial charge in [-0.2, -0.15) is 0 Å². The highest BCUT2D eigenvalue weighted by molar-refractivity contribution is 5.87. The second kappa shape index (κ2) is 6.50. The largest absolute Gasteiger partial charge is 0.448 e. The Morgan fingerprint density at radius 3 is 2.33 bits per heavy atom. The van der Waals surface area contributed by atoms with Crippen molar-refractivity contribution in [3.63, 3.8) is 0 Å². The van der Waals surface area contributed by atoms with E-state index in [0.29, 0.717) is 0 Å². The van der Waals surface area contributed by atoms with Gasteiger partial charge in [0.25, 0.3) is 0 Å². The highest BCUT2D eigenvalue weighted by Gasteiger charge is 2.46. The number of hydroxylamine groups is 2. The van der Waals surface area contributed by atoms with E-state index in [0.717, 1.165) is 30.7 Å². The summed E-state index contributed by atoms with van der Waals surface area (Å²) in [6.45, 7) is 13.3. The third-order valence-corrected chi connectivity index (χ3v) is 3.87. The van der Waals surface area contributed by atoms with Crippen LogP contribution in [-0.4, -0.2) is 29.3 Å². The second-order valence-electron chi connectivity index (χ2n) is 6.84. The molecule has 1 aliphatic rings. The third kappa shape index (κ3) is 4.48. The molecule has 1 amide bonds. The van der Waals surface area contributed by atoms with Gasteiger partial charge in [-0.15, -0.1) is 5.06 Å². The van der Waals surface area contributed by atoms with Crippen molar-refractivity contribution in [2.24, 2.45) is 5.41 Å². The van der Waals surface area contributed by atoms with E-state index in [2.05, 4.69) is 20.4 Å². The molecule has 5 heteroatoms. The first kappa shape index (κ1) is 17.5. The maximum absolute atomic E-state index is 12.2. The van der Waals surface area contributed by atoms with E-state index in [4.69, 9.17) is 9.57 Å². The van der Waals surface area contributed by atoms with E-state index in [1.807, 2.05) is 6.92 Å². The van der Waals surface area contributed by atoms with Gasteiger partial charge in [0.05, 0.1) is 12.1 Å². The maximum Gasteiger partial charge on any atom is 0.443 e. The van der Waals surface area contributed by atoms with Crippen LogP contribution in [0.25, 0.3) is 0 Å². The van der Waals surface area contributed by atoms with Crippen molar-refractivity contribution in [1.29, 1.82) is 0 Å². The van der Waals surface area contributed by atoms with Crippen molar-refractivity contribution in [1.82, 2.24) is 5.06 Å². The smallest absolute Gasteiger partial charge is 0.443 e. The van der Waals surface area contributed by atoms with Gasteiger partial charge < -0.3 is 9.57 Å². The zero-order valence-corrected chi connectivity index (χ0v) is 13.8. The van der Waals surface area contributed by atoms with E-state index in [9.17, 15) is 9.59 Å². The normalized spacial score (nSPS) is 24.0. The zero-order chi connectivity index (χ0) is 16.3. The van der Waals surface area contributed by atoms with Gasteiger partial charge in [-0.05, 0) is 45.4 Å². The molecule has 0 aliphatic heterocycles. The highest BCUT2D eigenvalue weighted by atomic mass is 16.8. The van der Waals surface area contributed by atoms with Crippen LogP contribution in [-0.2, 0) is 14.4 Å². The van der Waals surface area contributed by atoms with Gasteiger partial charge in [-0.25, -0.2) is 9.59 Å². The number of ether oxygens (including phenoxy) is 1. The van der Waals surface area contributed by atoms with Crippen LogP contribution in [0, 0.1) is 5.41 Å². The van der Waals surface area contributed by atoms with E-state index >= 15 is 0 Å². The first-order valence-corrected chi connectivity index (χ1v) is 7.46. The monoisotopic (exact) mass is 297 g/mol. The molecule has 1 unspecified atom stereocenters. The molecule has 5 nitrogen and oxygen atoms in total. The zero-order valence-electron chi connectivity index (χ0n) is 13.8. The lowest BCUT2D eigenvalue weighted by atomic mass is 9.69. The van der Waals surface area contributed by atoms with E-state index < -0.39 is 17.6 Å². The molecule has 120 valence electrons. The van der Waals surface area contributed by atoms with Crippen molar-refractivity contribution in [2.45, 2.75) is 65.8 Å². The topological polar surface area (TPSA) is 55.8 Å². The average Bonchev–Trinajstić information content (AvgIpc) is 2.33. The SMILES string of the molecule is C=C(C)C(=O)ON(C(=O)OCC)C1(C)CCCC(C)(C)C1. The quantitative estimate of drug-likeness (QED) is 0.586. The molecule has 21 heavy (non-hydrogen) atoms. The van der Waals surface area contributed by atoms with Crippen molar-refractivity contribution in [3.05, 3.63) is 12.2 Å². The Morgan fingerprint density at radius 1 is 1.24 bits per heavy atom. The lowest BCUT2D eigenvalue weighted by molar-refractivity contribution is -0.209. The molecule has 0 saturated heterocycles. The maximum atomic E-state index is 12.2. The van der Waals surface area contributed by atoms with Crippen LogP contribution in [0.4, 0.5) is 4.79 Å². The Hall–Kier alpha value is -1.52. The number of amides is 1. The molecule has 1 rings (SSSR count). The number of carbonyl (C=O) groups is 2. The van der Waals surface area contributed by atoms with E-state index in [1.165, 1.54) is 0 Å². The minimum absolute atomic E-state index is 0.0907. The molecule has 0 bridgehead atoms. The van der Waals surface area contributed by atoms with Gasteiger partial charge >= 0.3 is 12.1 Å². The predicted molar refractivity (Wildman–Crippen MR) is 80.4 cm³/mol. The summed E-state index contributed by atoms with van der Waals surface area (Å²) in [5.74, 6) is -0.604. The fraction of sp³-hybridized carbons (Fsp3) is 0.750. The molecular formula is C16H27NO4. The highest BCUT2D eigenvalue weighted by Crippen LogP contribution is 2.44. The van der Waals surface area contributed by atoms with Crippen molar-refractivity contribution in [2.75, 3.05) is 6.61 Å². The number of rotatable bonds is 3.